The first kappa shape index (κ1) is 16.7. The summed E-state index contributed by atoms with van der Waals surface area (Å²) in [5.74, 6) is -2.63. The van der Waals surface area contributed by atoms with Gasteiger partial charge in [-0.1, -0.05) is 48.8 Å². The molecule has 0 aliphatic heterocycles. The van der Waals surface area contributed by atoms with Gasteiger partial charge in [0.25, 0.3) is 0 Å². The second kappa shape index (κ2) is 6.39. The van der Waals surface area contributed by atoms with E-state index >= 15 is 0 Å². The Balaban J connectivity index is 2.83. The van der Waals surface area contributed by atoms with Gasteiger partial charge in [-0.3, -0.25) is 9.59 Å². The third-order valence-corrected chi connectivity index (χ3v) is 3.63. The Morgan fingerprint density at radius 1 is 1.20 bits per heavy atom. The minimum Gasteiger partial charge on any atom is -0.481 e. The van der Waals surface area contributed by atoms with E-state index in [4.69, 9.17) is 0 Å². The maximum atomic E-state index is 12.2. The molecular weight excluding hydrogens is 322 g/mol. The first-order valence-electron chi connectivity index (χ1n) is 6.41. The van der Waals surface area contributed by atoms with E-state index in [2.05, 4.69) is 21.2 Å². The zero-order valence-electron chi connectivity index (χ0n) is 12.1. The molecule has 0 saturated carbocycles. The van der Waals surface area contributed by atoms with Crippen molar-refractivity contribution in [1.82, 2.24) is 5.32 Å². The number of carboxylic acid groups (broad SMARTS) is 1. The van der Waals surface area contributed by atoms with Gasteiger partial charge in [0.15, 0.2) is 0 Å². The molecule has 4 nitrogen and oxygen atoms in total. The summed E-state index contributed by atoms with van der Waals surface area (Å²) in [4.78, 5) is 23.5. The smallest absolute Gasteiger partial charge is 0.316 e. The molecular formula is C15H20BrNO3. The maximum absolute atomic E-state index is 12.2. The minimum atomic E-state index is -1.10. The van der Waals surface area contributed by atoms with Crippen LogP contribution in [0.4, 0.5) is 0 Å². The molecule has 2 unspecified atom stereocenters. The van der Waals surface area contributed by atoms with Crippen LogP contribution < -0.4 is 5.32 Å². The molecule has 1 aromatic rings. The summed E-state index contributed by atoms with van der Waals surface area (Å²) < 4.78 is 0.956. The van der Waals surface area contributed by atoms with E-state index in [0.29, 0.717) is 0 Å². The number of benzene rings is 1. The number of rotatable bonds is 4. The van der Waals surface area contributed by atoms with Crippen LogP contribution in [0.25, 0.3) is 0 Å². The lowest BCUT2D eigenvalue weighted by atomic mass is 9.80. The van der Waals surface area contributed by atoms with Gasteiger partial charge >= 0.3 is 5.97 Å². The van der Waals surface area contributed by atoms with E-state index in [9.17, 15) is 14.7 Å². The normalized spacial score (nSPS) is 14.4. The third kappa shape index (κ3) is 4.34. The first-order valence-corrected chi connectivity index (χ1v) is 7.21. The Kier molecular flexibility index (Phi) is 5.34. The van der Waals surface area contributed by atoms with Gasteiger partial charge in [0, 0.05) is 4.47 Å². The largest absolute Gasteiger partial charge is 0.481 e. The van der Waals surface area contributed by atoms with Crippen LogP contribution in [0.1, 0.15) is 39.3 Å². The van der Waals surface area contributed by atoms with Gasteiger partial charge in [0.05, 0.1) is 6.04 Å². The summed E-state index contributed by atoms with van der Waals surface area (Å²) in [5.41, 5.74) is 0.301. The van der Waals surface area contributed by atoms with Crippen molar-refractivity contribution in [1.29, 1.82) is 0 Å². The predicted molar refractivity (Wildman–Crippen MR) is 81.3 cm³/mol. The van der Waals surface area contributed by atoms with Crippen LogP contribution in [-0.2, 0) is 9.59 Å². The lowest BCUT2D eigenvalue weighted by Crippen LogP contribution is -2.43. The van der Waals surface area contributed by atoms with Crippen molar-refractivity contribution in [2.75, 3.05) is 0 Å². The third-order valence-electron chi connectivity index (χ3n) is 3.10. The number of carbonyl (C=O) groups is 2. The summed E-state index contributed by atoms with van der Waals surface area (Å²) in [5, 5.41) is 12.0. The Morgan fingerprint density at radius 2 is 1.70 bits per heavy atom. The quantitative estimate of drug-likeness (QED) is 0.825. The van der Waals surface area contributed by atoms with Crippen LogP contribution in [0.3, 0.4) is 0 Å². The van der Waals surface area contributed by atoms with Crippen molar-refractivity contribution in [2.24, 2.45) is 11.3 Å². The Labute approximate surface area is 127 Å². The summed E-state index contributed by atoms with van der Waals surface area (Å²) in [6.45, 7) is 7.07. The van der Waals surface area contributed by atoms with E-state index in [-0.39, 0.29) is 6.04 Å². The van der Waals surface area contributed by atoms with Crippen LogP contribution in [0.5, 0.6) is 0 Å². The zero-order valence-corrected chi connectivity index (χ0v) is 13.7. The molecule has 0 fully saturated rings. The van der Waals surface area contributed by atoms with Crippen molar-refractivity contribution in [2.45, 2.75) is 33.7 Å². The van der Waals surface area contributed by atoms with Crippen LogP contribution in [0.15, 0.2) is 28.7 Å². The Hall–Kier alpha value is -1.36. The molecule has 0 saturated heterocycles. The second-order valence-corrected chi connectivity index (χ2v) is 6.83. The Morgan fingerprint density at radius 3 is 2.10 bits per heavy atom. The topological polar surface area (TPSA) is 66.4 Å². The average Bonchev–Trinajstić information content (AvgIpc) is 2.26. The van der Waals surface area contributed by atoms with Gasteiger partial charge in [-0.05, 0) is 30.0 Å². The average molecular weight is 342 g/mol. The van der Waals surface area contributed by atoms with Gasteiger partial charge in [-0.2, -0.15) is 0 Å². The highest BCUT2D eigenvalue weighted by Gasteiger charge is 2.38. The number of nitrogens with one attached hydrogen (secondary N) is 1. The highest BCUT2D eigenvalue weighted by molar-refractivity contribution is 9.10. The van der Waals surface area contributed by atoms with E-state index < -0.39 is 23.2 Å². The molecule has 20 heavy (non-hydrogen) atoms. The van der Waals surface area contributed by atoms with Crippen LogP contribution in [-0.4, -0.2) is 17.0 Å². The number of carbonyl (C=O) groups excluding carboxylic acids is 1. The van der Waals surface area contributed by atoms with E-state index in [0.717, 1.165) is 10.0 Å². The van der Waals surface area contributed by atoms with Crippen LogP contribution in [0.2, 0.25) is 0 Å². The fourth-order valence-corrected chi connectivity index (χ4v) is 2.27. The van der Waals surface area contributed by atoms with Crippen molar-refractivity contribution < 1.29 is 14.7 Å². The van der Waals surface area contributed by atoms with Gasteiger partial charge in [-0.25, -0.2) is 0 Å². The molecule has 2 atom stereocenters. The summed E-state index contributed by atoms with van der Waals surface area (Å²) >= 11 is 3.35. The number of halogens is 1. The highest BCUT2D eigenvalue weighted by atomic mass is 79.9. The first-order chi connectivity index (χ1) is 9.12. The molecule has 0 heterocycles. The molecule has 5 heteroatoms. The van der Waals surface area contributed by atoms with E-state index in [1.54, 1.807) is 20.8 Å². The summed E-state index contributed by atoms with van der Waals surface area (Å²) in [7, 11) is 0. The van der Waals surface area contributed by atoms with E-state index in [1.165, 1.54) is 0 Å². The molecule has 0 aliphatic rings. The number of carboxylic acids is 1. The highest BCUT2D eigenvalue weighted by Crippen LogP contribution is 2.27. The second-order valence-electron chi connectivity index (χ2n) is 5.92. The molecule has 110 valence electrons. The van der Waals surface area contributed by atoms with Gasteiger partial charge in [0.2, 0.25) is 5.91 Å². The fraction of sp³-hybridized carbons (Fsp3) is 0.467. The fourth-order valence-electron chi connectivity index (χ4n) is 2.01. The number of hydrogen-bond acceptors (Lipinski definition) is 2. The van der Waals surface area contributed by atoms with Crippen molar-refractivity contribution in [3.63, 3.8) is 0 Å². The van der Waals surface area contributed by atoms with Gasteiger partial charge < -0.3 is 10.4 Å². The molecule has 1 aromatic carbocycles. The molecule has 2 N–H and O–H groups in total. The number of hydrogen-bond donors (Lipinski definition) is 2. The lowest BCUT2D eigenvalue weighted by molar-refractivity contribution is -0.151. The van der Waals surface area contributed by atoms with Gasteiger partial charge in [0.1, 0.15) is 5.92 Å². The minimum absolute atomic E-state index is 0.236. The van der Waals surface area contributed by atoms with Crippen molar-refractivity contribution in [3.8, 4) is 0 Å². The molecule has 0 radical (unpaired) electrons. The lowest BCUT2D eigenvalue weighted by Gasteiger charge is -2.27. The van der Waals surface area contributed by atoms with Crippen LogP contribution in [0, 0.1) is 11.3 Å². The SMILES string of the molecule is CC(NC(=O)C(C(=O)O)C(C)(C)C)c1ccc(Br)cc1. The maximum Gasteiger partial charge on any atom is 0.316 e. The van der Waals surface area contributed by atoms with E-state index in [1.807, 2.05) is 31.2 Å². The molecule has 0 bridgehead atoms. The molecule has 1 rings (SSSR count). The van der Waals surface area contributed by atoms with Crippen LogP contribution >= 0.6 is 15.9 Å². The molecule has 0 aromatic heterocycles. The zero-order chi connectivity index (χ0) is 15.5. The van der Waals surface area contributed by atoms with Crippen molar-refractivity contribution >= 4 is 27.8 Å². The molecule has 0 spiro atoms. The van der Waals surface area contributed by atoms with Crippen molar-refractivity contribution in [3.05, 3.63) is 34.3 Å². The number of amides is 1. The predicted octanol–water partition coefficient (Wildman–Crippen LogP) is 3.37. The number of aliphatic carboxylic acids is 1. The molecule has 1 amide bonds. The Bertz CT molecular complexity index is 491. The molecule has 0 aliphatic carbocycles. The summed E-state index contributed by atoms with van der Waals surface area (Å²) in [6, 6.07) is 7.32. The standard InChI is InChI=1S/C15H20BrNO3/c1-9(10-5-7-11(16)8-6-10)17-13(18)12(14(19)20)15(2,3)4/h5-9,12H,1-4H3,(H,17,18)(H,19,20). The van der Waals surface area contributed by atoms with Gasteiger partial charge in [-0.15, -0.1) is 0 Å². The summed E-state index contributed by atoms with van der Waals surface area (Å²) in [6.07, 6.45) is 0. The monoisotopic (exact) mass is 341 g/mol.